The molecule has 7 heteroatoms. The van der Waals surface area contributed by atoms with E-state index in [9.17, 15) is 9.90 Å². The molecule has 1 saturated carbocycles. The second-order valence-electron chi connectivity index (χ2n) is 7.77. The number of aromatic nitrogens is 4. The Morgan fingerprint density at radius 2 is 2.10 bits per heavy atom. The molecule has 1 aliphatic carbocycles. The number of carboxylic acid groups (broad SMARTS) is 1. The van der Waals surface area contributed by atoms with Gasteiger partial charge in [0.25, 0.3) is 0 Å². The summed E-state index contributed by atoms with van der Waals surface area (Å²) in [7, 11) is 1.53. The summed E-state index contributed by atoms with van der Waals surface area (Å²) in [6, 6.07) is 9.21. The Balaban J connectivity index is 1.78. The first-order valence-corrected chi connectivity index (χ1v) is 9.93. The van der Waals surface area contributed by atoms with E-state index < -0.39 is 5.97 Å². The number of pyridine rings is 2. The quantitative estimate of drug-likeness (QED) is 0.516. The minimum atomic E-state index is -1.01. The number of carboxylic acids is 1. The highest BCUT2D eigenvalue weighted by Gasteiger charge is 2.26. The summed E-state index contributed by atoms with van der Waals surface area (Å²) in [4.78, 5) is 21.1. The van der Waals surface area contributed by atoms with Gasteiger partial charge in [-0.3, -0.25) is 4.40 Å². The SMILES string of the molecule is C=Cc1ccc2cc(-c3nc4cc(C(=O)O)cc(OC)n4c3C)n(CC3CC3)c2n1. The van der Waals surface area contributed by atoms with Crippen molar-refractivity contribution in [2.75, 3.05) is 7.11 Å². The summed E-state index contributed by atoms with van der Waals surface area (Å²) < 4.78 is 9.56. The third-order valence-electron chi connectivity index (χ3n) is 5.73. The van der Waals surface area contributed by atoms with Crippen molar-refractivity contribution in [1.29, 1.82) is 0 Å². The van der Waals surface area contributed by atoms with Gasteiger partial charge in [0.05, 0.1) is 29.8 Å². The molecule has 1 fully saturated rings. The van der Waals surface area contributed by atoms with E-state index in [4.69, 9.17) is 14.7 Å². The van der Waals surface area contributed by atoms with Crippen molar-refractivity contribution in [2.24, 2.45) is 5.92 Å². The lowest BCUT2D eigenvalue weighted by molar-refractivity contribution is 0.0696. The zero-order valence-electron chi connectivity index (χ0n) is 16.9. The molecular weight excluding hydrogens is 380 g/mol. The lowest BCUT2D eigenvalue weighted by Crippen LogP contribution is -2.04. The highest BCUT2D eigenvalue weighted by molar-refractivity contribution is 5.90. The van der Waals surface area contributed by atoms with Crippen LogP contribution in [-0.2, 0) is 6.54 Å². The molecule has 1 N–H and O–H groups in total. The first kappa shape index (κ1) is 18.4. The molecule has 0 atom stereocenters. The number of carbonyl (C=O) groups is 1. The van der Waals surface area contributed by atoms with Gasteiger partial charge in [-0.15, -0.1) is 0 Å². The average Bonchev–Trinajstić information content (AvgIpc) is 3.42. The van der Waals surface area contributed by atoms with Gasteiger partial charge in [-0.1, -0.05) is 6.58 Å². The Morgan fingerprint density at radius 3 is 2.77 bits per heavy atom. The van der Waals surface area contributed by atoms with Gasteiger partial charge in [0.1, 0.15) is 17.0 Å². The van der Waals surface area contributed by atoms with Gasteiger partial charge in [-0.05, 0) is 56.0 Å². The van der Waals surface area contributed by atoms with Crippen LogP contribution in [0.3, 0.4) is 0 Å². The summed E-state index contributed by atoms with van der Waals surface area (Å²) in [5.74, 6) is 0.0825. The first-order valence-electron chi connectivity index (χ1n) is 9.93. The van der Waals surface area contributed by atoms with Crippen LogP contribution in [0.4, 0.5) is 0 Å². The minimum absolute atomic E-state index is 0.145. The summed E-state index contributed by atoms with van der Waals surface area (Å²) in [5.41, 5.74) is 5.12. The Morgan fingerprint density at radius 1 is 1.30 bits per heavy atom. The molecule has 0 aromatic carbocycles. The molecule has 4 aromatic rings. The van der Waals surface area contributed by atoms with Crippen molar-refractivity contribution < 1.29 is 14.6 Å². The second kappa shape index (κ2) is 6.73. The first-order chi connectivity index (χ1) is 14.5. The zero-order chi connectivity index (χ0) is 21.0. The fourth-order valence-electron chi connectivity index (χ4n) is 3.99. The van der Waals surface area contributed by atoms with Crippen LogP contribution in [0, 0.1) is 12.8 Å². The number of rotatable bonds is 6. The van der Waals surface area contributed by atoms with Gasteiger partial charge < -0.3 is 14.4 Å². The van der Waals surface area contributed by atoms with Gasteiger partial charge in [0, 0.05) is 18.0 Å². The number of imidazole rings is 1. The van der Waals surface area contributed by atoms with E-state index in [1.165, 1.54) is 26.0 Å². The number of aromatic carboxylic acids is 1. The van der Waals surface area contributed by atoms with E-state index in [2.05, 4.69) is 23.3 Å². The molecule has 0 aliphatic heterocycles. The Bertz CT molecular complexity index is 1330. The largest absolute Gasteiger partial charge is 0.482 e. The summed E-state index contributed by atoms with van der Waals surface area (Å²) >= 11 is 0. The number of hydrogen-bond donors (Lipinski definition) is 1. The fourth-order valence-corrected chi connectivity index (χ4v) is 3.99. The van der Waals surface area contributed by atoms with E-state index in [1.807, 2.05) is 17.4 Å². The minimum Gasteiger partial charge on any atom is -0.482 e. The van der Waals surface area contributed by atoms with Crippen LogP contribution in [0.1, 0.15) is 34.6 Å². The molecule has 0 saturated heterocycles. The number of aryl methyl sites for hydroxylation is 1. The maximum atomic E-state index is 11.5. The molecule has 5 rings (SSSR count). The topological polar surface area (TPSA) is 81.6 Å². The van der Waals surface area contributed by atoms with E-state index in [-0.39, 0.29) is 5.56 Å². The average molecular weight is 402 g/mol. The van der Waals surface area contributed by atoms with Crippen molar-refractivity contribution in [3.63, 3.8) is 0 Å². The molecule has 30 heavy (non-hydrogen) atoms. The molecule has 0 spiro atoms. The molecule has 0 unspecified atom stereocenters. The van der Waals surface area contributed by atoms with Gasteiger partial charge in [0.2, 0.25) is 0 Å². The van der Waals surface area contributed by atoms with Crippen LogP contribution < -0.4 is 4.74 Å². The second-order valence-corrected chi connectivity index (χ2v) is 7.77. The third-order valence-corrected chi connectivity index (χ3v) is 5.73. The molecule has 1 aliphatic rings. The van der Waals surface area contributed by atoms with Gasteiger partial charge >= 0.3 is 5.97 Å². The van der Waals surface area contributed by atoms with Gasteiger partial charge in [-0.2, -0.15) is 0 Å². The number of nitrogens with zero attached hydrogens (tertiary/aromatic N) is 4. The standard InChI is InChI=1S/C23H22N4O3/c1-4-17-8-7-15-9-18(26(22(15)24-17)12-14-5-6-14)21-13(2)27-19(25-21)10-16(23(28)29)11-20(27)30-3/h4,7-11,14H,1,5-6,12H2,2-3H3,(H,28,29). The van der Waals surface area contributed by atoms with Crippen LogP contribution in [0.25, 0.3) is 34.1 Å². The third kappa shape index (κ3) is 2.85. The van der Waals surface area contributed by atoms with E-state index in [0.717, 1.165) is 40.4 Å². The van der Waals surface area contributed by atoms with E-state index >= 15 is 0 Å². The highest BCUT2D eigenvalue weighted by Crippen LogP contribution is 2.37. The molecule has 7 nitrogen and oxygen atoms in total. The maximum absolute atomic E-state index is 11.5. The molecule has 0 amide bonds. The Hall–Kier alpha value is -3.61. The van der Waals surface area contributed by atoms with Gasteiger partial charge in [-0.25, -0.2) is 14.8 Å². The summed E-state index contributed by atoms with van der Waals surface area (Å²) in [6.07, 6.45) is 4.20. The van der Waals surface area contributed by atoms with Crippen LogP contribution in [-0.4, -0.2) is 37.1 Å². The lowest BCUT2D eigenvalue weighted by atomic mass is 10.2. The lowest BCUT2D eigenvalue weighted by Gasteiger charge is -2.10. The van der Waals surface area contributed by atoms with Crippen LogP contribution >= 0.6 is 0 Å². The number of fused-ring (bicyclic) bond motifs is 2. The van der Waals surface area contributed by atoms with E-state index in [1.54, 1.807) is 12.1 Å². The summed E-state index contributed by atoms with van der Waals surface area (Å²) in [6.45, 7) is 6.70. The smallest absolute Gasteiger partial charge is 0.336 e. The molecule has 4 heterocycles. The van der Waals surface area contributed by atoms with Crippen molar-refractivity contribution >= 4 is 28.7 Å². The molecule has 4 aromatic heterocycles. The zero-order valence-corrected chi connectivity index (χ0v) is 16.9. The van der Waals surface area contributed by atoms with Crippen molar-refractivity contribution in [1.82, 2.24) is 18.9 Å². The van der Waals surface area contributed by atoms with Gasteiger partial charge in [0.15, 0.2) is 5.88 Å². The number of hydrogen-bond acceptors (Lipinski definition) is 4. The molecule has 0 bridgehead atoms. The molecule has 152 valence electrons. The normalized spacial score (nSPS) is 13.8. The van der Waals surface area contributed by atoms with Crippen LogP contribution in [0.15, 0.2) is 36.9 Å². The van der Waals surface area contributed by atoms with Crippen molar-refractivity contribution in [2.45, 2.75) is 26.3 Å². The maximum Gasteiger partial charge on any atom is 0.336 e. The summed E-state index contributed by atoms with van der Waals surface area (Å²) in [5, 5.41) is 10.5. The number of ether oxygens (including phenoxy) is 1. The predicted octanol–water partition coefficient (Wildman–Crippen LogP) is 4.42. The number of methoxy groups -OCH3 is 1. The Labute approximate surface area is 173 Å². The predicted molar refractivity (Wildman–Crippen MR) is 115 cm³/mol. The van der Waals surface area contributed by atoms with Crippen molar-refractivity contribution in [3.05, 3.63) is 53.9 Å². The molecule has 0 radical (unpaired) electrons. The highest BCUT2D eigenvalue weighted by atomic mass is 16.5. The van der Waals surface area contributed by atoms with Crippen LogP contribution in [0.5, 0.6) is 5.88 Å². The molecular formula is C23H22N4O3. The Kier molecular flexibility index (Phi) is 4.13. The monoisotopic (exact) mass is 402 g/mol. The van der Waals surface area contributed by atoms with Crippen molar-refractivity contribution in [3.8, 4) is 17.3 Å². The fraction of sp³-hybridized carbons (Fsp3) is 0.261. The van der Waals surface area contributed by atoms with Crippen LogP contribution in [0.2, 0.25) is 0 Å². The van der Waals surface area contributed by atoms with E-state index in [0.29, 0.717) is 17.4 Å².